The fraction of sp³-hybridized carbons (Fsp3) is 0.350. The third kappa shape index (κ3) is 5.71. The summed E-state index contributed by atoms with van der Waals surface area (Å²) in [5.41, 5.74) is 0.263. The first-order valence-corrected chi connectivity index (χ1v) is 9.65. The van der Waals surface area contributed by atoms with Crippen molar-refractivity contribution in [1.82, 2.24) is 4.90 Å². The van der Waals surface area contributed by atoms with Crippen LogP contribution >= 0.6 is 11.3 Å². The number of carbonyl (C=O) groups excluding carboxylic acids is 3. The molecule has 0 aliphatic heterocycles. The van der Waals surface area contributed by atoms with Crippen LogP contribution in [0.15, 0.2) is 29.6 Å². The van der Waals surface area contributed by atoms with Crippen molar-refractivity contribution in [2.75, 3.05) is 33.6 Å². The molecule has 0 aliphatic rings. The number of thiophene rings is 1. The van der Waals surface area contributed by atoms with Crippen molar-refractivity contribution in [3.05, 3.63) is 40.1 Å². The van der Waals surface area contributed by atoms with Gasteiger partial charge in [0.25, 0.3) is 5.91 Å². The summed E-state index contributed by atoms with van der Waals surface area (Å²) in [7, 11) is 6.02. The molecule has 0 unspecified atom stereocenters. The standard InChI is InChI=1S/C20H24N2O6S/c1-12(19(24)22(2)3)28-20(25)14-10-16(26-4)17(27-5)11-15(14)21-18(23)9-13-7-6-8-29-13/h6-8,10-12H,9H2,1-5H3,(H,21,23)/t12-/m0/s1. The fourth-order valence-corrected chi connectivity index (χ4v) is 3.26. The molecule has 1 aromatic carbocycles. The molecular formula is C20H24N2O6S. The first-order valence-electron chi connectivity index (χ1n) is 8.77. The molecule has 2 amide bonds. The summed E-state index contributed by atoms with van der Waals surface area (Å²) in [6.07, 6.45) is -0.823. The molecule has 2 rings (SSSR count). The number of nitrogens with one attached hydrogen (secondary N) is 1. The van der Waals surface area contributed by atoms with Crippen molar-refractivity contribution in [3.63, 3.8) is 0 Å². The number of esters is 1. The van der Waals surface area contributed by atoms with Crippen LogP contribution in [0.3, 0.4) is 0 Å². The lowest BCUT2D eigenvalue weighted by molar-refractivity contribution is -0.137. The molecule has 1 heterocycles. The molecule has 8 nitrogen and oxygen atoms in total. The van der Waals surface area contributed by atoms with E-state index in [1.165, 1.54) is 49.5 Å². The smallest absolute Gasteiger partial charge is 0.341 e. The highest BCUT2D eigenvalue weighted by Crippen LogP contribution is 2.34. The average Bonchev–Trinajstić information content (AvgIpc) is 3.19. The lowest BCUT2D eigenvalue weighted by atomic mass is 10.1. The number of hydrogen-bond donors (Lipinski definition) is 1. The van der Waals surface area contributed by atoms with Gasteiger partial charge in [-0.05, 0) is 18.4 Å². The Balaban J connectivity index is 2.31. The lowest BCUT2D eigenvalue weighted by Gasteiger charge is -2.19. The van der Waals surface area contributed by atoms with Crippen LogP contribution in [0.1, 0.15) is 22.2 Å². The molecule has 1 aromatic heterocycles. The molecular weight excluding hydrogens is 396 g/mol. The molecule has 0 saturated carbocycles. The molecule has 29 heavy (non-hydrogen) atoms. The first-order chi connectivity index (χ1) is 13.8. The molecule has 9 heteroatoms. The summed E-state index contributed by atoms with van der Waals surface area (Å²) in [6.45, 7) is 1.48. The maximum Gasteiger partial charge on any atom is 0.341 e. The van der Waals surface area contributed by atoms with Crippen molar-refractivity contribution in [3.8, 4) is 11.5 Å². The van der Waals surface area contributed by atoms with Crippen molar-refractivity contribution in [2.24, 2.45) is 0 Å². The van der Waals surface area contributed by atoms with Gasteiger partial charge in [-0.2, -0.15) is 0 Å². The summed E-state index contributed by atoms with van der Waals surface area (Å²) in [4.78, 5) is 39.4. The summed E-state index contributed by atoms with van der Waals surface area (Å²) >= 11 is 1.46. The Kier molecular flexibility index (Phi) is 7.60. The van der Waals surface area contributed by atoms with E-state index >= 15 is 0 Å². The maximum atomic E-state index is 12.7. The zero-order valence-electron chi connectivity index (χ0n) is 17.0. The minimum Gasteiger partial charge on any atom is -0.493 e. The van der Waals surface area contributed by atoms with E-state index in [1.807, 2.05) is 17.5 Å². The van der Waals surface area contributed by atoms with E-state index in [0.717, 1.165) is 4.88 Å². The van der Waals surface area contributed by atoms with Gasteiger partial charge in [0.1, 0.15) is 0 Å². The van der Waals surface area contributed by atoms with Crippen molar-refractivity contribution >= 4 is 34.8 Å². The minimum atomic E-state index is -0.986. The van der Waals surface area contributed by atoms with Crippen molar-refractivity contribution < 1.29 is 28.6 Å². The van der Waals surface area contributed by atoms with E-state index in [-0.39, 0.29) is 29.5 Å². The number of benzene rings is 1. The molecule has 2 aromatic rings. The highest BCUT2D eigenvalue weighted by molar-refractivity contribution is 7.10. The van der Waals surface area contributed by atoms with Crippen LogP contribution in [0.5, 0.6) is 11.5 Å². The van der Waals surface area contributed by atoms with E-state index in [4.69, 9.17) is 14.2 Å². The van der Waals surface area contributed by atoms with Gasteiger partial charge in [-0.1, -0.05) is 6.07 Å². The summed E-state index contributed by atoms with van der Waals surface area (Å²) in [6, 6.07) is 6.60. The number of amides is 2. The molecule has 1 atom stereocenters. The van der Waals surface area contributed by atoms with E-state index in [2.05, 4.69) is 5.32 Å². The number of methoxy groups -OCH3 is 2. The van der Waals surface area contributed by atoms with Gasteiger partial charge in [0.2, 0.25) is 5.91 Å². The second-order valence-electron chi connectivity index (χ2n) is 6.34. The molecule has 0 radical (unpaired) electrons. The number of carbonyl (C=O) groups is 3. The Bertz CT molecular complexity index is 879. The van der Waals surface area contributed by atoms with E-state index in [1.54, 1.807) is 14.1 Å². The van der Waals surface area contributed by atoms with Gasteiger partial charge in [-0.3, -0.25) is 9.59 Å². The van der Waals surface area contributed by atoms with Crippen LogP contribution in [-0.2, 0) is 20.7 Å². The van der Waals surface area contributed by atoms with Crippen molar-refractivity contribution in [2.45, 2.75) is 19.4 Å². The van der Waals surface area contributed by atoms with Crippen LogP contribution < -0.4 is 14.8 Å². The van der Waals surface area contributed by atoms with Crippen LogP contribution in [0.25, 0.3) is 0 Å². The van der Waals surface area contributed by atoms with Gasteiger partial charge < -0.3 is 24.4 Å². The average molecular weight is 420 g/mol. The SMILES string of the molecule is COc1cc(NC(=O)Cc2cccs2)c(C(=O)O[C@@H](C)C(=O)N(C)C)cc1OC. The van der Waals surface area contributed by atoms with Gasteiger partial charge in [0.15, 0.2) is 17.6 Å². The highest BCUT2D eigenvalue weighted by atomic mass is 32.1. The molecule has 1 N–H and O–H groups in total. The second kappa shape index (κ2) is 9.92. The van der Waals surface area contributed by atoms with Crippen LogP contribution in [-0.4, -0.2) is 57.1 Å². The predicted octanol–water partition coefficient (Wildman–Crippen LogP) is 2.58. The van der Waals surface area contributed by atoms with Gasteiger partial charge in [0.05, 0.1) is 31.9 Å². The van der Waals surface area contributed by atoms with E-state index < -0.39 is 12.1 Å². The largest absolute Gasteiger partial charge is 0.493 e. The van der Waals surface area contributed by atoms with Crippen LogP contribution in [0.2, 0.25) is 0 Å². The van der Waals surface area contributed by atoms with Crippen LogP contribution in [0, 0.1) is 0 Å². The quantitative estimate of drug-likeness (QED) is 0.660. The zero-order chi connectivity index (χ0) is 21.6. The fourth-order valence-electron chi connectivity index (χ4n) is 2.56. The van der Waals surface area contributed by atoms with E-state index in [0.29, 0.717) is 11.5 Å². The Morgan fingerprint density at radius 1 is 1.14 bits per heavy atom. The second-order valence-corrected chi connectivity index (χ2v) is 7.37. The third-order valence-electron chi connectivity index (χ3n) is 4.00. The molecule has 156 valence electrons. The van der Waals surface area contributed by atoms with Gasteiger partial charge >= 0.3 is 5.97 Å². The Morgan fingerprint density at radius 2 is 1.79 bits per heavy atom. The monoisotopic (exact) mass is 420 g/mol. The zero-order valence-corrected chi connectivity index (χ0v) is 17.8. The molecule has 0 saturated heterocycles. The van der Waals surface area contributed by atoms with Gasteiger partial charge in [-0.15, -0.1) is 11.3 Å². The topological polar surface area (TPSA) is 94.2 Å². The highest BCUT2D eigenvalue weighted by Gasteiger charge is 2.24. The minimum absolute atomic E-state index is 0.0561. The summed E-state index contributed by atoms with van der Waals surface area (Å²) in [5.74, 6) is -0.788. The Hall–Kier alpha value is -3.07. The summed E-state index contributed by atoms with van der Waals surface area (Å²) in [5, 5.41) is 4.60. The van der Waals surface area contributed by atoms with E-state index in [9.17, 15) is 14.4 Å². The number of hydrogen-bond acceptors (Lipinski definition) is 7. The van der Waals surface area contributed by atoms with Gasteiger partial charge in [0, 0.05) is 31.1 Å². The number of anilines is 1. The summed E-state index contributed by atoms with van der Waals surface area (Å²) < 4.78 is 15.8. The third-order valence-corrected chi connectivity index (χ3v) is 4.88. The maximum absolute atomic E-state index is 12.7. The molecule has 0 spiro atoms. The number of likely N-dealkylation sites (N-methyl/N-ethyl adjacent to an activating group) is 1. The number of nitrogens with zero attached hydrogens (tertiary/aromatic N) is 1. The van der Waals surface area contributed by atoms with Crippen LogP contribution in [0.4, 0.5) is 5.69 Å². The molecule has 0 aliphatic carbocycles. The predicted molar refractivity (Wildman–Crippen MR) is 110 cm³/mol. The number of ether oxygens (including phenoxy) is 3. The molecule has 0 bridgehead atoms. The lowest BCUT2D eigenvalue weighted by Crippen LogP contribution is -2.35. The van der Waals surface area contributed by atoms with Crippen molar-refractivity contribution in [1.29, 1.82) is 0 Å². The van der Waals surface area contributed by atoms with Gasteiger partial charge in [-0.25, -0.2) is 4.79 Å². The molecule has 0 fully saturated rings. The first kappa shape index (κ1) is 22.2. The Labute approximate surface area is 173 Å². The Morgan fingerprint density at radius 3 is 2.34 bits per heavy atom. The normalized spacial score (nSPS) is 11.3. The number of rotatable bonds is 8.